The average Bonchev–Trinajstić information content (AvgIpc) is 3.21. The molecule has 1 aromatic carbocycles. The number of aromatic nitrogens is 4. The highest BCUT2D eigenvalue weighted by molar-refractivity contribution is 5.70. The van der Waals surface area contributed by atoms with Gasteiger partial charge in [-0.15, -0.1) is 5.10 Å². The number of ether oxygens (including phenoxy) is 1. The second kappa shape index (κ2) is 8.20. The fraction of sp³-hybridized carbons (Fsp3) is 0.409. The Labute approximate surface area is 166 Å². The molecule has 3 aromatic rings. The molecule has 0 N–H and O–H groups in total. The Bertz CT molecular complexity index is 944. The van der Waals surface area contributed by atoms with Crippen LogP contribution in [0, 0.1) is 6.92 Å². The van der Waals surface area contributed by atoms with Crippen LogP contribution in [0.4, 0.5) is 0 Å². The van der Waals surface area contributed by atoms with Gasteiger partial charge in [-0.3, -0.25) is 9.88 Å². The Hall–Kier alpha value is -2.57. The first-order valence-corrected chi connectivity index (χ1v) is 9.87. The van der Waals surface area contributed by atoms with Crippen LogP contribution in [0.15, 0.2) is 42.9 Å². The molecule has 1 aliphatic heterocycles. The van der Waals surface area contributed by atoms with E-state index in [1.54, 1.807) is 0 Å². The summed E-state index contributed by atoms with van der Waals surface area (Å²) in [6.45, 7) is 11.0. The van der Waals surface area contributed by atoms with Crippen LogP contribution in [0.1, 0.15) is 31.0 Å². The van der Waals surface area contributed by atoms with Crippen LogP contribution in [0.25, 0.3) is 22.4 Å². The Morgan fingerprint density at radius 1 is 1.04 bits per heavy atom. The van der Waals surface area contributed by atoms with Gasteiger partial charge < -0.3 is 4.74 Å². The van der Waals surface area contributed by atoms with Gasteiger partial charge >= 0.3 is 0 Å². The van der Waals surface area contributed by atoms with Crippen molar-refractivity contribution in [2.75, 3.05) is 26.3 Å². The van der Waals surface area contributed by atoms with Crippen LogP contribution in [0.2, 0.25) is 0 Å². The van der Waals surface area contributed by atoms with Gasteiger partial charge in [0.15, 0.2) is 0 Å². The van der Waals surface area contributed by atoms with Gasteiger partial charge in [0.1, 0.15) is 5.69 Å². The van der Waals surface area contributed by atoms with Crippen LogP contribution >= 0.6 is 0 Å². The molecular weight excluding hydrogens is 350 g/mol. The lowest BCUT2D eigenvalue weighted by atomic mass is 9.99. The maximum Gasteiger partial charge on any atom is 0.114 e. The lowest BCUT2D eigenvalue weighted by Crippen LogP contribution is -2.35. The molecule has 2 aromatic heterocycles. The van der Waals surface area contributed by atoms with Gasteiger partial charge in [0.05, 0.1) is 19.4 Å². The summed E-state index contributed by atoms with van der Waals surface area (Å²) in [5, 5.41) is 8.50. The van der Waals surface area contributed by atoms with Crippen molar-refractivity contribution >= 4 is 0 Å². The molecule has 4 rings (SSSR count). The Kier molecular flexibility index (Phi) is 5.50. The van der Waals surface area contributed by atoms with E-state index in [1.807, 2.05) is 23.3 Å². The van der Waals surface area contributed by atoms with Crippen molar-refractivity contribution in [3.8, 4) is 22.4 Å². The van der Waals surface area contributed by atoms with E-state index >= 15 is 0 Å². The predicted molar refractivity (Wildman–Crippen MR) is 110 cm³/mol. The molecule has 1 saturated heterocycles. The van der Waals surface area contributed by atoms with Crippen LogP contribution < -0.4 is 0 Å². The smallest absolute Gasteiger partial charge is 0.114 e. The number of morpholine rings is 1. The molecular formula is C22H27N5O. The van der Waals surface area contributed by atoms with Gasteiger partial charge in [0.25, 0.3) is 0 Å². The largest absolute Gasteiger partial charge is 0.379 e. The molecule has 0 saturated carbocycles. The van der Waals surface area contributed by atoms with E-state index in [9.17, 15) is 0 Å². The van der Waals surface area contributed by atoms with Crippen molar-refractivity contribution < 1.29 is 4.74 Å². The lowest BCUT2D eigenvalue weighted by Gasteiger charge is -2.27. The maximum atomic E-state index is 5.45. The summed E-state index contributed by atoms with van der Waals surface area (Å²) >= 11 is 0. The second-order valence-corrected chi connectivity index (χ2v) is 7.67. The van der Waals surface area contributed by atoms with E-state index in [-0.39, 0.29) is 0 Å². The zero-order valence-corrected chi connectivity index (χ0v) is 16.8. The first kappa shape index (κ1) is 18.8. The third kappa shape index (κ3) is 4.13. The topological polar surface area (TPSA) is 56.1 Å². The molecule has 0 atom stereocenters. The quantitative estimate of drug-likeness (QED) is 0.678. The minimum Gasteiger partial charge on any atom is -0.379 e. The van der Waals surface area contributed by atoms with Crippen molar-refractivity contribution in [3.05, 3.63) is 54.0 Å². The molecule has 1 aliphatic rings. The molecule has 0 unspecified atom stereocenters. The Balaban J connectivity index is 1.56. The molecule has 1 fully saturated rings. The van der Waals surface area contributed by atoms with E-state index in [1.165, 1.54) is 16.7 Å². The monoisotopic (exact) mass is 377 g/mol. The fourth-order valence-electron chi connectivity index (χ4n) is 3.45. The third-order valence-electron chi connectivity index (χ3n) is 5.25. The average molecular weight is 377 g/mol. The van der Waals surface area contributed by atoms with Gasteiger partial charge in [-0.1, -0.05) is 23.4 Å². The van der Waals surface area contributed by atoms with Crippen molar-refractivity contribution in [3.63, 3.8) is 0 Å². The number of benzene rings is 1. The molecule has 0 bridgehead atoms. The van der Waals surface area contributed by atoms with Crippen molar-refractivity contribution in [1.29, 1.82) is 0 Å². The van der Waals surface area contributed by atoms with E-state index in [0.29, 0.717) is 6.04 Å². The second-order valence-electron chi connectivity index (χ2n) is 7.67. The summed E-state index contributed by atoms with van der Waals surface area (Å²) in [7, 11) is 0. The van der Waals surface area contributed by atoms with E-state index < -0.39 is 0 Å². The summed E-state index contributed by atoms with van der Waals surface area (Å²) in [4.78, 5) is 6.89. The summed E-state index contributed by atoms with van der Waals surface area (Å²) in [6, 6.07) is 9.11. The number of rotatable bonds is 5. The molecule has 0 aliphatic carbocycles. The first-order valence-electron chi connectivity index (χ1n) is 9.87. The number of hydrogen-bond donors (Lipinski definition) is 0. The van der Waals surface area contributed by atoms with Crippen molar-refractivity contribution in [2.45, 2.75) is 33.4 Å². The van der Waals surface area contributed by atoms with Gasteiger partial charge in [-0.2, -0.15) is 0 Å². The van der Waals surface area contributed by atoms with Gasteiger partial charge in [-0.05, 0) is 43.5 Å². The number of hydrogen-bond acceptors (Lipinski definition) is 5. The number of pyridine rings is 1. The molecule has 0 radical (unpaired) electrons. The van der Waals surface area contributed by atoms with Gasteiger partial charge in [0, 0.05) is 49.2 Å². The molecule has 28 heavy (non-hydrogen) atoms. The van der Waals surface area contributed by atoms with Crippen molar-refractivity contribution in [1.82, 2.24) is 24.9 Å². The minimum atomic E-state index is 0.291. The van der Waals surface area contributed by atoms with Crippen LogP contribution in [0.3, 0.4) is 0 Å². The van der Waals surface area contributed by atoms with Gasteiger partial charge in [-0.25, -0.2) is 4.68 Å². The molecule has 3 heterocycles. The highest BCUT2D eigenvalue weighted by Crippen LogP contribution is 2.26. The van der Waals surface area contributed by atoms with E-state index in [2.05, 4.69) is 65.2 Å². The molecule has 0 spiro atoms. The summed E-state index contributed by atoms with van der Waals surface area (Å²) < 4.78 is 7.31. The lowest BCUT2D eigenvalue weighted by molar-refractivity contribution is 0.0341. The first-order chi connectivity index (χ1) is 13.6. The standard InChI is InChI=1S/C22H27N5O/c1-16(2)27-15-22(24-25-27)21-11-20(12-23-13-21)18-4-5-19(17(3)10-18)14-26-6-8-28-9-7-26/h4-5,10-13,15-16H,6-9,14H2,1-3H3. The summed E-state index contributed by atoms with van der Waals surface area (Å²) in [5.41, 5.74) is 6.78. The van der Waals surface area contributed by atoms with Crippen LogP contribution in [-0.4, -0.2) is 51.2 Å². The molecule has 6 nitrogen and oxygen atoms in total. The summed E-state index contributed by atoms with van der Waals surface area (Å²) in [6.07, 6.45) is 5.73. The Morgan fingerprint density at radius 2 is 1.82 bits per heavy atom. The highest BCUT2D eigenvalue weighted by Gasteiger charge is 2.13. The van der Waals surface area contributed by atoms with Crippen LogP contribution in [0.5, 0.6) is 0 Å². The molecule has 6 heteroatoms. The Morgan fingerprint density at radius 3 is 2.54 bits per heavy atom. The van der Waals surface area contributed by atoms with Gasteiger partial charge in [0.2, 0.25) is 0 Å². The summed E-state index contributed by atoms with van der Waals surface area (Å²) in [5.74, 6) is 0. The minimum absolute atomic E-state index is 0.291. The highest BCUT2D eigenvalue weighted by atomic mass is 16.5. The van der Waals surface area contributed by atoms with E-state index in [0.717, 1.165) is 49.7 Å². The zero-order chi connectivity index (χ0) is 19.5. The maximum absolute atomic E-state index is 5.45. The molecule has 146 valence electrons. The zero-order valence-electron chi connectivity index (χ0n) is 16.8. The predicted octanol–water partition coefficient (Wildman–Crippen LogP) is 3.73. The molecule has 0 amide bonds. The number of nitrogens with zero attached hydrogens (tertiary/aromatic N) is 5. The fourth-order valence-corrected chi connectivity index (χ4v) is 3.45. The SMILES string of the molecule is Cc1cc(-c2cncc(-c3cn(C(C)C)nn3)c2)ccc1CN1CCOCC1. The van der Waals surface area contributed by atoms with E-state index in [4.69, 9.17) is 4.74 Å². The number of aryl methyl sites for hydroxylation is 1. The normalized spacial score (nSPS) is 15.3. The van der Waals surface area contributed by atoms with Crippen LogP contribution in [-0.2, 0) is 11.3 Å². The van der Waals surface area contributed by atoms with Crippen molar-refractivity contribution in [2.24, 2.45) is 0 Å². The third-order valence-corrected chi connectivity index (χ3v) is 5.25.